The van der Waals surface area contributed by atoms with Crippen molar-refractivity contribution in [3.63, 3.8) is 0 Å². The molecule has 8 nitrogen and oxygen atoms in total. The molecule has 1 atom stereocenters. The summed E-state index contributed by atoms with van der Waals surface area (Å²) in [5, 5.41) is 3.94. The maximum absolute atomic E-state index is 12.8. The number of aromatic nitrogens is 2. The number of fused-ring (bicyclic) bond motifs is 1. The third kappa shape index (κ3) is 3.04. The van der Waals surface area contributed by atoms with Gasteiger partial charge in [0.2, 0.25) is 5.78 Å². The van der Waals surface area contributed by atoms with Crippen LogP contribution in [0.2, 0.25) is 10.0 Å². The van der Waals surface area contributed by atoms with Crippen molar-refractivity contribution in [2.24, 2.45) is 0 Å². The second-order valence-electron chi connectivity index (χ2n) is 4.93. The Balaban J connectivity index is 2.00. The maximum Gasteiger partial charge on any atom is 0.389 e. The number of ketones is 1. The summed E-state index contributed by atoms with van der Waals surface area (Å²) >= 11 is 12.4. The highest BCUT2D eigenvalue weighted by atomic mass is 35.5. The summed E-state index contributed by atoms with van der Waals surface area (Å²) in [7, 11) is 2.67. The van der Waals surface area contributed by atoms with E-state index in [1.165, 1.54) is 37.2 Å². The zero-order chi connectivity index (χ0) is 18.1. The highest BCUT2D eigenvalue weighted by molar-refractivity contribution is 6.45. The Morgan fingerprint density at radius 3 is 2.72 bits per heavy atom. The molecule has 0 radical (unpaired) electrons. The molecule has 132 valence electrons. The largest absolute Gasteiger partial charge is 0.463 e. The minimum absolute atomic E-state index is 0.0234. The number of benzene rings is 1. The van der Waals surface area contributed by atoms with Crippen LogP contribution in [-0.4, -0.2) is 42.0 Å². The zero-order valence-corrected chi connectivity index (χ0v) is 14.6. The van der Waals surface area contributed by atoms with E-state index in [2.05, 4.69) is 9.84 Å². The molecule has 1 aromatic carbocycles. The van der Waals surface area contributed by atoms with Crippen LogP contribution in [0, 0.1) is 0 Å². The van der Waals surface area contributed by atoms with Gasteiger partial charge in [0.05, 0.1) is 12.1 Å². The molecule has 0 spiro atoms. The highest BCUT2D eigenvalue weighted by Gasteiger charge is 2.36. The fraction of sp³-hybridized carbons (Fsp3) is 0.267. The Hall–Kier alpha value is -2.29. The number of hydrogen-bond acceptors (Lipinski definition) is 7. The van der Waals surface area contributed by atoms with Crippen LogP contribution in [0.15, 0.2) is 18.3 Å². The third-order valence-electron chi connectivity index (χ3n) is 3.43. The molecule has 0 amide bonds. The summed E-state index contributed by atoms with van der Waals surface area (Å²) in [6.07, 6.45) is 0.153. The average molecular weight is 387 g/mol. The lowest BCUT2D eigenvalue weighted by Gasteiger charge is -2.09. The number of nitrogens with zero attached hydrogens (tertiary/aromatic N) is 2. The van der Waals surface area contributed by atoms with Crippen LogP contribution in [0.4, 0.5) is 0 Å². The van der Waals surface area contributed by atoms with Gasteiger partial charge in [-0.2, -0.15) is 5.10 Å². The van der Waals surface area contributed by atoms with E-state index in [-0.39, 0.29) is 39.5 Å². The van der Waals surface area contributed by atoms with Gasteiger partial charge in [-0.1, -0.05) is 23.2 Å². The first-order chi connectivity index (χ1) is 12.0. The fourth-order valence-electron chi connectivity index (χ4n) is 2.28. The summed E-state index contributed by atoms with van der Waals surface area (Å²) in [4.78, 5) is 24.4. The summed E-state index contributed by atoms with van der Waals surface area (Å²) in [6, 6.07) is 2.88. The molecule has 1 aromatic heterocycles. The van der Waals surface area contributed by atoms with Crippen LogP contribution in [0.1, 0.15) is 16.1 Å². The molecule has 0 fully saturated rings. The van der Waals surface area contributed by atoms with Gasteiger partial charge in [0.1, 0.15) is 17.4 Å². The average Bonchev–Trinajstić information content (AvgIpc) is 3.24. The Labute approximate surface area is 152 Å². The number of carbonyl (C=O) groups excluding carboxylic acids is 2. The zero-order valence-electron chi connectivity index (χ0n) is 13.1. The van der Waals surface area contributed by atoms with Crippen LogP contribution in [0.3, 0.4) is 0 Å². The van der Waals surface area contributed by atoms with Gasteiger partial charge in [-0.05, 0) is 12.1 Å². The smallest absolute Gasteiger partial charge is 0.389 e. The van der Waals surface area contributed by atoms with Crippen molar-refractivity contribution in [3.8, 4) is 11.5 Å². The van der Waals surface area contributed by atoms with Gasteiger partial charge in [-0.15, -0.1) is 0 Å². The summed E-state index contributed by atoms with van der Waals surface area (Å²) in [5.41, 5.74) is 0.334. The Morgan fingerprint density at radius 1 is 1.28 bits per heavy atom. The molecule has 0 saturated heterocycles. The molecule has 1 aliphatic heterocycles. The molecular formula is C15H12Cl2N2O6. The quantitative estimate of drug-likeness (QED) is 0.575. The number of methoxy groups -OCH3 is 2. The van der Waals surface area contributed by atoms with Gasteiger partial charge in [-0.25, -0.2) is 9.48 Å². The summed E-state index contributed by atoms with van der Waals surface area (Å²) in [5.74, 6) is -0.987. The Kier molecular flexibility index (Phi) is 4.85. The molecule has 25 heavy (non-hydrogen) atoms. The number of rotatable bonds is 5. The van der Waals surface area contributed by atoms with Gasteiger partial charge < -0.3 is 18.9 Å². The molecule has 3 rings (SSSR count). The van der Waals surface area contributed by atoms with E-state index in [1.807, 2.05) is 0 Å². The Morgan fingerprint density at radius 2 is 2.04 bits per heavy atom. The first-order valence-electron chi connectivity index (χ1n) is 6.96. The summed E-state index contributed by atoms with van der Waals surface area (Å²) < 4.78 is 21.6. The van der Waals surface area contributed by atoms with Gasteiger partial charge in [0.15, 0.2) is 11.5 Å². The van der Waals surface area contributed by atoms with Gasteiger partial charge in [0.25, 0.3) is 0 Å². The first-order valence-corrected chi connectivity index (χ1v) is 7.72. The van der Waals surface area contributed by atoms with Crippen LogP contribution in [0.5, 0.6) is 11.5 Å². The van der Waals surface area contributed by atoms with E-state index in [9.17, 15) is 9.59 Å². The number of ether oxygens (including phenoxy) is 4. The fourth-order valence-corrected chi connectivity index (χ4v) is 2.74. The molecule has 10 heteroatoms. The molecule has 2 aromatic rings. The predicted molar refractivity (Wildman–Crippen MR) is 86.2 cm³/mol. The minimum Gasteiger partial charge on any atom is -0.463 e. The highest BCUT2D eigenvalue weighted by Crippen LogP contribution is 2.46. The number of hydrogen-bond donors (Lipinski definition) is 0. The number of esters is 1. The SMILES string of the molecule is COCn1nccc1C(=O)c1cc2c(c(Cl)c1Cl)OC(C(=O)OC)O2. The molecule has 0 N–H and O–H groups in total. The van der Waals surface area contributed by atoms with E-state index in [4.69, 9.17) is 37.4 Å². The lowest BCUT2D eigenvalue weighted by Crippen LogP contribution is -2.30. The molecule has 1 unspecified atom stereocenters. The number of halogens is 2. The second kappa shape index (κ2) is 6.91. The Bertz CT molecular complexity index is 851. The van der Waals surface area contributed by atoms with Crippen molar-refractivity contribution in [2.45, 2.75) is 13.0 Å². The van der Waals surface area contributed by atoms with Crippen molar-refractivity contribution in [1.82, 2.24) is 9.78 Å². The van der Waals surface area contributed by atoms with Gasteiger partial charge >= 0.3 is 12.3 Å². The molecule has 0 bridgehead atoms. The van der Waals surface area contributed by atoms with Crippen LogP contribution in [0.25, 0.3) is 0 Å². The molecule has 0 saturated carbocycles. The number of carbonyl (C=O) groups is 2. The van der Waals surface area contributed by atoms with Crippen molar-refractivity contribution in [3.05, 3.63) is 39.6 Å². The van der Waals surface area contributed by atoms with Crippen LogP contribution >= 0.6 is 23.2 Å². The van der Waals surface area contributed by atoms with Crippen LogP contribution in [-0.2, 0) is 21.0 Å². The first kappa shape index (κ1) is 17.5. The molecule has 0 aliphatic carbocycles. The van der Waals surface area contributed by atoms with Gasteiger partial charge in [-0.3, -0.25) is 4.79 Å². The van der Waals surface area contributed by atoms with E-state index < -0.39 is 18.0 Å². The van der Waals surface area contributed by atoms with Crippen LogP contribution < -0.4 is 9.47 Å². The normalized spacial score (nSPS) is 15.3. The van der Waals surface area contributed by atoms with E-state index in [1.54, 1.807) is 0 Å². The summed E-state index contributed by atoms with van der Waals surface area (Å²) in [6.45, 7) is 0.0917. The maximum atomic E-state index is 12.8. The molecule has 1 aliphatic rings. The predicted octanol–water partition coefficient (Wildman–Crippen LogP) is 2.30. The molecular weight excluding hydrogens is 375 g/mol. The topological polar surface area (TPSA) is 88.9 Å². The van der Waals surface area contributed by atoms with Crippen molar-refractivity contribution in [2.75, 3.05) is 14.2 Å². The van der Waals surface area contributed by atoms with E-state index in [0.29, 0.717) is 0 Å². The lowest BCUT2D eigenvalue weighted by molar-refractivity contribution is -0.158. The lowest BCUT2D eigenvalue weighted by atomic mass is 10.1. The standard InChI is InChI=1S/C15H12Cl2N2O6/c1-22-6-19-8(3-4-18-19)12(20)7-5-9-13(11(17)10(7)16)25-15(24-9)14(21)23-2/h3-5,15H,6H2,1-2H3. The monoisotopic (exact) mass is 386 g/mol. The minimum atomic E-state index is -1.31. The van der Waals surface area contributed by atoms with E-state index >= 15 is 0 Å². The molecule has 2 heterocycles. The van der Waals surface area contributed by atoms with Crippen molar-refractivity contribution < 1.29 is 28.5 Å². The van der Waals surface area contributed by atoms with Gasteiger partial charge in [0, 0.05) is 18.9 Å². The third-order valence-corrected chi connectivity index (χ3v) is 4.28. The second-order valence-corrected chi connectivity index (χ2v) is 5.69. The van der Waals surface area contributed by atoms with Crippen molar-refractivity contribution >= 4 is 35.0 Å². The van der Waals surface area contributed by atoms with E-state index in [0.717, 1.165) is 0 Å². The van der Waals surface area contributed by atoms with Crippen molar-refractivity contribution in [1.29, 1.82) is 0 Å².